The third-order valence-electron chi connectivity index (χ3n) is 7.19. The molecular weight excluding hydrogens is 622 g/mol. The Morgan fingerprint density at radius 2 is 1.18 bits per heavy atom. The van der Waals surface area contributed by atoms with Gasteiger partial charge in [0.2, 0.25) is 5.95 Å². The molecule has 0 aliphatic heterocycles. The number of phenolic OH excluding ortho intramolecular Hbond substituents is 1. The molecule has 4 aromatic carbocycles. The van der Waals surface area contributed by atoms with Crippen LogP contribution in [0, 0.1) is 6.92 Å². The summed E-state index contributed by atoms with van der Waals surface area (Å²) in [5.41, 5.74) is 4.08. The monoisotopic (exact) mass is 661 g/mol. The highest BCUT2D eigenvalue weighted by Crippen LogP contribution is 2.27. The minimum absolute atomic E-state index is 0.132. The van der Waals surface area contributed by atoms with Crippen molar-refractivity contribution < 1.29 is 24.2 Å². The first-order valence-electron chi connectivity index (χ1n) is 15.9. The number of rotatable bonds is 17. The number of hydrogen-bond acceptors (Lipinski definition) is 10. The molecule has 0 unspecified atom stereocenters. The van der Waals surface area contributed by atoms with Crippen LogP contribution in [0.2, 0.25) is 0 Å². The van der Waals surface area contributed by atoms with Crippen LogP contribution in [-0.4, -0.2) is 66.4 Å². The molecule has 12 heteroatoms. The molecule has 0 radical (unpaired) electrons. The topological polar surface area (TPSA) is 159 Å². The smallest absolute Gasteiger partial charge is 0.255 e. The number of aromatic nitrogens is 2. The number of carbonyl (C=O) groups is 2. The van der Waals surface area contributed by atoms with E-state index in [2.05, 4.69) is 31.6 Å². The Bertz CT molecular complexity index is 1790. The number of amides is 2. The van der Waals surface area contributed by atoms with Crippen LogP contribution in [-0.2, 0) is 9.47 Å². The van der Waals surface area contributed by atoms with Gasteiger partial charge in [0.05, 0.1) is 26.4 Å². The van der Waals surface area contributed by atoms with Crippen molar-refractivity contribution in [3.05, 3.63) is 126 Å². The van der Waals surface area contributed by atoms with Gasteiger partial charge in [0, 0.05) is 46.8 Å². The number of hydrogen-bond donors (Lipinski definition) is 6. The number of benzene rings is 4. The van der Waals surface area contributed by atoms with Crippen LogP contribution in [0.1, 0.15) is 26.3 Å². The Morgan fingerprint density at radius 1 is 0.612 bits per heavy atom. The van der Waals surface area contributed by atoms with E-state index in [-0.39, 0.29) is 17.6 Å². The predicted molar refractivity (Wildman–Crippen MR) is 191 cm³/mol. The zero-order valence-corrected chi connectivity index (χ0v) is 27.1. The van der Waals surface area contributed by atoms with E-state index in [1.807, 2.05) is 67.6 Å². The molecule has 0 saturated heterocycles. The molecule has 5 aromatic rings. The Hall–Kier alpha value is -5.98. The van der Waals surface area contributed by atoms with E-state index in [1.54, 1.807) is 48.5 Å². The van der Waals surface area contributed by atoms with Gasteiger partial charge >= 0.3 is 0 Å². The molecule has 12 nitrogen and oxygen atoms in total. The fourth-order valence-corrected chi connectivity index (χ4v) is 4.60. The minimum Gasteiger partial charge on any atom is -0.508 e. The van der Waals surface area contributed by atoms with Gasteiger partial charge in [-0.3, -0.25) is 9.59 Å². The van der Waals surface area contributed by atoms with Gasteiger partial charge in [0.25, 0.3) is 11.8 Å². The number of anilines is 6. The van der Waals surface area contributed by atoms with Crippen LogP contribution in [0.25, 0.3) is 0 Å². The van der Waals surface area contributed by atoms with Gasteiger partial charge in [0.1, 0.15) is 17.4 Å². The highest BCUT2D eigenvalue weighted by atomic mass is 16.5. The first-order chi connectivity index (χ1) is 23.9. The summed E-state index contributed by atoms with van der Waals surface area (Å²) in [5, 5.41) is 25.2. The summed E-state index contributed by atoms with van der Waals surface area (Å²) in [6.07, 6.45) is 0. The molecule has 0 fully saturated rings. The van der Waals surface area contributed by atoms with Crippen molar-refractivity contribution in [3.8, 4) is 5.75 Å². The molecule has 0 spiro atoms. The van der Waals surface area contributed by atoms with E-state index in [0.717, 1.165) is 16.9 Å². The highest BCUT2D eigenvalue weighted by molar-refractivity contribution is 6.04. The quantitative estimate of drug-likeness (QED) is 0.0508. The van der Waals surface area contributed by atoms with Gasteiger partial charge in [0.15, 0.2) is 0 Å². The number of ether oxygens (including phenoxy) is 2. The van der Waals surface area contributed by atoms with Crippen molar-refractivity contribution >= 4 is 46.5 Å². The maximum absolute atomic E-state index is 12.7. The van der Waals surface area contributed by atoms with Gasteiger partial charge in [-0.2, -0.15) is 9.97 Å². The van der Waals surface area contributed by atoms with Crippen molar-refractivity contribution in [3.63, 3.8) is 0 Å². The van der Waals surface area contributed by atoms with Crippen LogP contribution < -0.4 is 26.6 Å². The van der Waals surface area contributed by atoms with Crippen molar-refractivity contribution in [2.45, 2.75) is 6.92 Å². The molecule has 49 heavy (non-hydrogen) atoms. The fraction of sp³-hybridized carbons (Fsp3) is 0.189. The second-order valence-electron chi connectivity index (χ2n) is 10.8. The van der Waals surface area contributed by atoms with E-state index < -0.39 is 0 Å². The molecule has 6 N–H and O–H groups in total. The van der Waals surface area contributed by atoms with Crippen molar-refractivity contribution in [2.75, 3.05) is 60.8 Å². The number of nitrogens with zero attached hydrogens (tertiary/aromatic N) is 2. The molecule has 0 aliphatic rings. The summed E-state index contributed by atoms with van der Waals surface area (Å²) >= 11 is 0. The second kappa shape index (κ2) is 17.8. The molecule has 1 aromatic heterocycles. The van der Waals surface area contributed by atoms with Gasteiger partial charge < -0.3 is 41.2 Å². The zero-order chi connectivity index (χ0) is 34.3. The standard InChI is InChI=1S/C37H39N7O5/c1-26-33(38-20-22-48-24-25-49-23-21-39-35(46)27-8-4-2-5-9-27)43-37(42-31-16-18-32(45)19-17-31)44-34(26)40-30-14-12-28(13-15-30)36(47)41-29-10-6-3-7-11-29/h2-19,45H,20-25H2,1H3,(H,39,46)(H,41,47)(H3,38,40,42,43,44). The first-order valence-corrected chi connectivity index (χ1v) is 15.9. The zero-order valence-electron chi connectivity index (χ0n) is 27.1. The predicted octanol–water partition coefficient (Wildman–Crippen LogP) is 6.11. The summed E-state index contributed by atoms with van der Waals surface area (Å²) < 4.78 is 11.3. The van der Waals surface area contributed by atoms with Crippen molar-refractivity contribution in [1.82, 2.24) is 15.3 Å². The van der Waals surface area contributed by atoms with E-state index in [9.17, 15) is 14.7 Å². The average molecular weight is 662 g/mol. The van der Waals surface area contributed by atoms with E-state index >= 15 is 0 Å². The summed E-state index contributed by atoms with van der Waals surface area (Å²) in [4.78, 5) is 34.1. The normalized spacial score (nSPS) is 10.6. The molecule has 2 amide bonds. The largest absolute Gasteiger partial charge is 0.508 e. The summed E-state index contributed by atoms with van der Waals surface area (Å²) in [6.45, 7) is 4.39. The maximum atomic E-state index is 12.7. The lowest BCUT2D eigenvalue weighted by atomic mass is 10.2. The van der Waals surface area contributed by atoms with Crippen LogP contribution in [0.15, 0.2) is 109 Å². The third kappa shape index (κ3) is 10.8. The molecule has 0 aliphatic carbocycles. The van der Waals surface area contributed by atoms with Crippen LogP contribution in [0.4, 0.5) is 34.6 Å². The van der Waals surface area contributed by atoms with E-state index in [0.29, 0.717) is 73.9 Å². The molecule has 0 saturated carbocycles. The summed E-state index contributed by atoms with van der Waals surface area (Å²) in [5.74, 6) is 1.33. The Kier molecular flexibility index (Phi) is 12.5. The molecule has 0 atom stereocenters. The number of nitrogens with one attached hydrogen (secondary N) is 5. The van der Waals surface area contributed by atoms with Crippen LogP contribution >= 0.6 is 0 Å². The highest BCUT2D eigenvalue weighted by Gasteiger charge is 2.13. The van der Waals surface area contributed by atoms with Crippen LogP contribution in [0.5, 0.6) is 5.75 Å². The minimum atomic E-state index is -0.205. The Morgan fingerprint density at radius 3 is 1.88 bits per heavy atom. The molecule has 252 valence electrons. The molecule has 5 rings (SSSR count). The maximum Gasteiger partial charge on any atom is 0.255 e. The lowest BCUT2D eigenvalue weighted by Gasteiger charge is -2.16. The van der Waals surface area contributed by atoms with Gasteiger partial charge in [-0.05, 0) is 79.7 Å². The lowest BCUT2D eigenvalue weighted by molar-refractivity contribution is 0.0519. The number of phenols is 1. The lowest BCUT2D eigenvalue weighted by Crippen LogP contribution is -2.27. The Labute approximate surface area is 284 Å². The molecule has 0 bridgehead atoms. The van der Waals surface area contributed by atoms with Gasteiger partial charge in [-0.25, -0.2) is 0 Å². The molecule has 1 heterocycles. The number of carbonyl (C=O) groups excluding carboxylic acids is 2. The fourth-order valence-electron chi connectivity index (χ4n) is 4.60. The van der Waals surface area contributed by atoms with Gasteiger partial charge in [-0.15, -0.1) is 0 Å². The third-order valence-corrected chi connectivity index (χ3v) is 7.19. The summed E-state index contributed by atoms with van der Waals surface area (Å²) in [6, 6.07) is 32.1. The summed E-state index contributed by atoms with van der Waals surface area (Å²) in [7, 11) is 0. The first kappa shape index (κ1) is 34.4. The van der Waals surface area contributed by atoms with Crippen LogP contribution in [0.3, 0.4) is 0 Å². The molecular formula is C37H39N7O5. The van der Waals surface area contributed by atoms with Crippen molar-refractivity contribution in [1.29, 1.82) is 0 Å². The van der Waals surface area contributed by atoms with E-state index in [4.69, 9.17) is 14.5 Å². The Balaban J connectivity index is 1.13. The van der Waals surface area contributed by atoms with Gasteiger partial charge in [-0.1, -0.05) is 36.4 Å². The SMILES string of the molecule is Cc1c(NCCOCCOCCNC(=O)c2ccccc2)nc(Nc2ccc(O)cc2)nc1Nc1ccc(C(=O)Nc2ccccc2)cc1. The van der Waals surface area contributed by atoms with Crippen molar-refractivity contribution in [2.24, 2.45) is 0 Å². The second-order valence-corrected chi connectivity index (χ2v) is 10.8. The average Bonchev–Trinajstić information content (AvgIpc) is 3.12. The number of aromatic hydroxyl groups is 1. The number of para-hydroxylation sites is 1. The van der Waals surface area contributed by atoms with E-state index in [1.165, 1.54) is 0 Å².